The predicted molar refractivity (Wildman–Crippen MR) is 296 cm³/mol. The van der Waals surface area contributed by atoms with Gasteiger partial charge in [-0.15, -0.1) is 0 Å². The zero-order valence-electron chi connectivity index (χ0n) is 38.3. The van der Waals surface area contributed by atoms with Crippen LogP contribution in [0.25, 0.3) is 110 Å². The molecular formula is C68H45NO. The Hall–Kier alpha value is -9.24. The zero-order valence-corrected chi connectivity index (χ0v) is 38.3. The molecule has 0 N–H and O–H groups in total. The zero-order chi connectivity index (χ0) is 46.4. The fourth-order valence-corrected chi connectivity index (χ4v) is 10.6. The summed E-state index contributed by atoms with van der Waals surface area (Å²) in [7, 11) is 0. The molecule has 0 aliphatic heterocycles. The lowest BCUT2D eigenvalue weighted by Crippen LogP contribution is -2.09. The van der Waals surface area contributed by atoms with E-state index in [4.69, 9.17) is 4.42 Å². The molecule has 0 atom stereocenters. The van der Waals surface area contributed by atoms with Crippen LogP contribution in [0, 0.1) is 0 Å². The summed E-state index contributed by atoms with van der Waals surface area (Å²) in [5.41, 5.74) is 19.2. The van der Waals surface area contributed by atoms with Gasteiger partial charge in [0.2, 0.25) is 0 Å². The fraction of sp³-hybridized carbons (Fsp3) is 0. The number of nitrogens with zero attached hydrogens (tertiary/aromatic N) is 1. The summed E-state index contributed by atoms with van der Waals surface area (Å²) in [6.07, 6.45) is 0. The summed E-state index contributed by atoms with van der Waals surface area (Å²) in [6.45, 7) is 0. The molecule has 0 saturated carbocycles. The first-order valence-electron chi connectivity index (χ1n) is 24.0. The van der Waals surface area contributed by atoms with Gasteiger partial charge in [0.25, 0.3) is 0 Å². The molecule has 0 radical (unpaired) electrons. The van der Waals surface area contributed by atoms with Gasteiger partial charge in [-0.3, -0.25) is 0 Å². The van der Waals surface area contributed by atoms with Crippen LogP contribution in [0.2, 0.25) is 0 Å². The normalized spacial score (nSPS) is 11.4. The first-order valence-corrected chi connectivity index (χ1v) is 24.0. The van der Waals surface area contributed by atoms with Crippen molar-refractivity contribution in [3.63, 3.8) is 0 Å². The highest BCUT2D eigenvalue weighted by Crippen LogP contribution is 2.52. The van der Waals surface area contributed by atoms with E-state index in [-0.39, 0.29) is 0 Å². The lowest BCUT2D eigenvalue weighted by Gasteiger charge is -2.26. The van der Waals surface area contributed by atoms with Gasteiger partial charge in [0.1, 0.15) is 11.2 Å². The molecule has 70 heavy (non-hydrogen) atoms. The van der Waals surface area contributed by atoms with Gasteiger partial charge in [-0.2, -0.15) is 0 Å². The standard InChI is InChI=1S/C68H45NO/c1-5-19-49(20-6-1)65-61-42-36-53(44-62(61)66(50-21-7-2-8-22-50)68(52-25-11-4-12-26-52)67(65)51-23-9-3-10-24-51)46-32-37-54(38-33-46)69(56-41-43-60-59-29-15-16-31-63(59)70-64(60)45-56)55-39-34-48(35-40-55)58-30-17-27-47-18-13-14-28-57(47)58/h1-45H. The number of fused-ring (bicyclic) bond motifs is 5. The van der Waals surface area contributed by atoms with Crippen LogP contribution in [-0.2, 0) is 0 Å². The van der Waals surface area contributed by atoms with Crippen molar-refractivity contribution in [2.45, 2.75) is 0 Å². The van der Waals surface area contributed by atoms with Gasteiger partial charge >= 0.3 is 0 Å². The van der Waals surface area contributed by atoms with Gasteiger partial charge in [0, 0.05) is 33.9 Å². The second-order valence-electron chi connectivity index (χ2n) is 18.0. The highest BCUT2D eigenvalue weighted by Gasteiger charge is 2.25. The molecule has 13 rings (SSSR count). The van der Waals surface area contributed by atoms with Crippen molar-refractivity contribution >= 4 is 60.5 Å². The van der Waals surface area contributed by atoms with Crippen LogP contribution >= 0.6 is 0 Å². The molecule has 0 spiro atoms. The van der Waals surface area contributed by atoms with Crippen LogP contribution in [-0.4, -0.2) is 0 Å². The van der Waals surface area contributed by atoms with E-state index in [1.54, 1.807) is 0 Å². The summed E-state index contributed by atoms with van der Waals surface area (Å²) in [5.74, 6) is 0. The van der Waals surface area contributed by atoms with E-state index in [9.17, 15) is 0 Å². The van der Waals surface area contributed by atoms with Crippen LogP contribution in [0.1, 0.15) is 0 Å². The van der Waals surface area contributed by atoms with E-state index in [2.05, 4.69) is 266 Å². The first-order chi connectivity index (χ1) is 34.7. The lowest BCUT2D eigenvalue weighted by molar-refractivity contribution is 0.669. The quantitative estimate of drug-likeness (QED) is 0.144. The van der Waals surface area contributed by atoms with Crippen LogP contribution < -0.4 is 4.90 Å². The van der Waals surface area contributed by atoms with Crippen molar-refractivity contribution in [2.24, 2.45) is 0 Å². The number of hydrogen-bond acceptors (Lipinski definition) is 2. The smallest absolute Gasteiger partial charge is 0.137 e. The predicted octanol–water partition coefficient (Wildman–Crippen LogP) is 19.4. The summed E-state index contributed by atoms with van der Waals surface area (Å²) in [4.78, 5) is 2.33. The number of rotatable bonds is 9. The molecule has 2 heteroatoms. The molecule has 0 aliphatic carbocycles. The maximum atomic E-state index is 6.47. The molecular weight excluding hydrogens is 847 g/mol. The molecule has 1 heterocycles. The van der Waals surface area contributed by atoms with Gasteiger partial charge in [-0.25, -0.2) is 0 Å². The summed E-state index contributed by atoms with van der Waals surface area (Å²) < 4.78 is 6.47. The van der Waals surface area contributed by atoms with E-state index in [0.29, 0.717) is 0 Å². The van der Waals surface area contributed by atoms with Crippen molar-refractivity contribution < 1.29 is 4.42 Å². The minimum Gasteiger partial charge on any atom is -0.456 e. The van der Waals surface area contributed by atoms with Gasteiger partial charge < -0.3 is 9.32 Å². The van der Waals surface area contributed by atoms with E-state index < -0.39 is 0 Å². The molecule has 328 valence electrons. The van der Waals surface area contributed by atoms with E-state index in [0.717, 1.165) is 50.1 Å². The molecule has 13 aromatic rings. The minimum atomic E-state index is 0.859. The van der Waals surface area contributed by atoms with Crippen molar-refractivity contribution in [3.05, 3.63) is 273 Å². The fourth-order valence-electron chi connectivity index (χ4n) is 10.6. The SMILES string of the molecule is c1ccc(-c2c(-c3ccccc3)c(-c3ccccc3)c3cc(-c4ccc(N(c5ccc(-c6cccc7ccccc67)cc5)c5ccc6c(c5)oc5ccccc56)cc4)ccc3c2-c2ccccc2)cc1. The van der Waals surface area contributed by atoms with Crippen LogP contribution in [0.5, 0.6) is 0 Å². The monoisotopic (exact) mass is 891 g/mol. The highest BCUT2D eigenvalue weighted by molar-refractivity contribution is 6.19. The van der Waals surface area contributed by atoms with Gasteiger partial charge in [-0.1, -0.05) is 218 Å². The Bertz CT molecular complexity index is 4000. The summed E-state index contributed by atoms with van der Waals surface area (Å²) in [5, 5.41) is 7.12. The Morgan fingerprint density at radius 1 is 0.229 bits per heavy atom. The number of hydrogen-bond donors (Lipinski definition) is 0. The Morgan fingerprint density at radius 2 is 0.671 bits per heavy atom. The first kappa shape index (κ1) is 41.0. The third kappa shape index (κ3) is 7.22. The molecule has 0 amide bonds. The maximum Gasteiger partial charge on any atom is 0.137 e. The molecule has 1 aromatic heterocycles. The number of benzene rings is 12. The lowest BCUT2D eigenvalue weighted by atomic mass is 9.78. The van der Waals surface area contributed by atoms with E-state index in [1.807, 2.05) is 12.1 Å². The van der Waals surface area contributed by atoms with E-state index in [1.165, 1.54) is 77.2 Å². The molecule has 2 nitrogen and oxygen atoms in total. The highest BCUT2D eigenvalue weighted by atomic mass is 16.3. The maximum absolute atomic E-state index is 6.47. The summed E-state index contributed by atoms with van der Waals surface area (Å²) in [6, 6.07) is 98.7. The Morgan fingerprint density at radius 3 is 1.29 bits per heavy atom. The number of furan rings is 1. The van der Waals surface area contributed by atoms with Gasteiger partial charge in [-0.05, 0) is 137 Å². The number of para-hydroxylation sites is 1. The second kappa shape index (κ2) is 17.4. The topological polar surface area (TPSA) is 16.4 Å². The molecule has 0 fully saturated rings. The van der Waals surface area contributed by atoms with Gasteiger partial charge in [0.15, 0.2) is 0 Å². The van der Waals surface area contributed by atoms with Crippen LogP contribution in [0.3, 0.4) is 0 Å². The Kier molecular flexibility index (Phi) is 10.2. The molecule has 0 bridgehead atoms. The average molecular weight is 892 g/mol. The molecule has 0 unspecified atom stereocenters. The Labute approximate surface area is 407 Å². The van der Waals surface area contributed by atoms with Crippen molar-refractivity contribution in [1.82, 2.24) is 0 Å². The third-order valence-electron chi connectivity index (χ3n) is 13.9. The molecule has 0 saturated heterocycles. The van der Waals surface area contributed by atoms with Crippen molar-refractivity contribution in [1.29, 1.82) is 0 Å². The van der Waals surface area contributed by atoms with Crippen LogP contribution in [0.15, 0.2) is 277 Å². The summed E-state index contributed by atoms with van der Waals surface area (Å²) >= 11 is 0. The van der Waals surface area contributed by atoms with Gasteiger partial charge in [0.05, 0.1) is 0 Å². The molecule has 0 aliphatic rings. The van der Waals surface area contributed by atoms with Crippen molar-refractivity contribution in [3.8, 4) is 66.8 Å². The number of anilines is 3. The average Bonchev–Trinajstić information content (AvgIpc) is 3.81. The van der Waals surface area contributed by atoms with Crippen molar-refractivity contribution in [2.75, 3.05) is 4.90 Å². The van der Waals surface area contributed by atoms with Crippen LogP contribution in [0.4, 0.5) is 17.1 Å². The second-order valence-corrected chi connectivity index (χ2v) is 18.0. The largest absolute Gasteiger partial charge is 0.456 e. The van der Waals surface area contributed by atoms with E-state index >= 15 is 0 Å². The Balaban J connectivity index is 0.984. The minimum absolute atomic E-state index is 0.859. The molecule has 12 aromatic carbocycles. The third-order valence-corrected chi connectivity index (χ3v) is 13.9.